The minimum Gasteiger partial charge on any atom is -0.352 e. The lowest BCUT2D eigenvalue weighted by Gasteiger charge is -2.27. The molecule has 3 N–H and O–H groups in total. The molecular weight excluding hydrogens is 297 g/mol. The number of nitrogens with two attached hydrogens (primary N) is 1. The second-order valence-corrected chi connectivity index (χ2v) is 5.52. The highest BCUT2D eigenvalue weighted by Crippen LogP contribution is 2.47. The van der Waals surface area contributed by atoms with Crippen LogP contribution in [0.2, 0.25) is 0 Å². The molecule has 2 saturated carbocycles. The summed E-state index contributed by atoms with van der Waals surface area (Å²) in [6, 6.07) is 3.91. The van der Waals surface area contributed by atoms with E-state index in [0.717, 1.165) is 12.0 Å². The maximum atomic E-state index is 12.2. The van der Waals surface area contributed by atoms with Crippen molar-refractivity contribution in [2.45, 2.75) is 31.8 Å². The number of carbonyl (C=O) groups is 1. The van der Waals surface area contributed by atoms with Crippen molar-refractivity contribution < 1.29 is 4.79 Å². The van der Waals surface area contributed by atoms with Gasteiger partial charge < -0.3 is 11.1 Å². The lowest BCUT2D eigenvalue weighted by atomic mass is 9.84. The molecule has 0 aromatic carbocycles. The Bertz CT molecular complexity index is 441. The first-order valence-corrected chi connectivity index (χ1v) is 6.68. The number of aromatic nitrogens is 1. The number of fused-ring (bicyclic) bond motifs is 2. The van der Waals surface area contributed by atoms with Crippen molar-refractivity contribution in [3.8, 4) is 0 Å². The number of hydrogen-bond acceptors (Lipinski definition) is 3. The van der Waals surface area contributed by atoms with Gasteiger partial charge >= 0.3 is 0 Å². The SMILES string of the molecule is Cl.Cl.NC1C2CCC(C2)C1C(=O)NCc1cccnc1. The Hall–Kier alpha value is -0.840. The first-order valence-electron chi connectivity index (χ1n) is 6.68. The summed E-state index contributed by atoms with van der Waals surface area (Å²) in [5.41, 5.74) is 7.19. The standard InChI is InChI=1S/C14H19N3O.2ClH/c15-13-11-4-3-10(6-11)12(13)14(18)17-8-9-2-1-5-16-7-9;;/h1-2,5,7,10-13H,3-4,6,8,15H2,(H,17,18);2*1H. The number of nitrogens with one attached hydrogen (secondary N) is 1. The molecule has 3 rings (SSSR count). The van der Waals surface area contributed by atoms with Crippen molar-refractivity contribution in [3.05, 3.63) is 30.1 Å². The minimum absolute atomic E-state index is 0. The molecule has 112 valence electrons. The fourth-order valence-electron chi connectivity index (χ4n) is 3.53. The zero-order chi connectivity index (χ0) is 12.5. The van der Waals surface area contributed by atoms with Gasteiger partial charge in [-0.05, 0) is 42.7 Å². The molecule has 1 aromatic heterocycles. The highest BCUT2D eigenvalue weighted by molar-refractivity contribution is 5.85. The van der Waals surface area contributed by atoms with Gasteiger partial charge in [0.2, 0.25) is 5.91 Å². The molecule has 20 heavy (non-hydrogen) atoms. The van der Waals surface area contributed by atoms with E-state index < -0.39 is 0 Å². The van der Waals surface area contributed by atoms with Gasteiger partial charge in [-0.1, -0.05) is 6.07 Å². The summed E-state index contributed by atoms with van der Waals surface area (Å²) in [5.74, 6) is 1.24. The summed E-state index contributed by atoms with van der Waals surface area (Å²) in [7, 11) is 0. The Morgan fingerprint density at radius 3 is 2.70 bits per heavy atom. The smallest absolute Gasteiger partial charge is 0.225 e. The maximum Gasteiger partial charge on any atom is 0.225 e. The maximum absolute atomic E-state index is 12.2. The zero-order valence-corrected chi connectivity index (χ0v) is 12.8. The molecule has 4 atom stereocenters. The normalized spacial score (nSPS) is 30.2. The number of amides is 1. The van der Waals surface area contributed by atoms with Crippen LogP contribution in [0.5, 0.6) is 0 Å². The van der Waals surface area contributed by atoms with Crippen LogP contribution in [0.15, 0.2) is 24.5 Å². The number of carbonyl (C=O) groups excluding carboxylic acids is 1. The van der Waals surface area contributed by atoms with Gasteiger partial charge in [0.25, 0.3) is 0 Å². The third-order valence-corrected chi connectivity index (χ3v) is 4.47. The van der Waals surface area contributed by atoms with Gasteiger partial charge in [-0.25, -0.2) is 0 Å². The van der Waals surface area contributed by atoms with Crippen molar-refractivity contribution in [1.29, 1.82) is 0 Å². The van der Waals surface area contributed by atoms with E-state index in [-0.39, 0.29) is 42.7 Å². The first kappa shape index (κ1) is 17.2. The van der Waals surface area contributed by atoms with Crippen LogP contribution in [0.3, 0.4) is 0 Å². The van der Waals surface area contributed by atoms with Crippen molar-refractivity contribution in [1.82, 2.24) is 10.3 Å². The summed E-state index contributed by atoms with van der Waals surface area (Å²) in [6.45, 7) is 0.549. The highest BCUT2D eigenvalue weighted by Gasteiger charge is 2.48. The van der Waals surface area contributed by atoms with Crippen LogP contribution in [0.4, 0.5) is 0 Å². The third-order valence-electron chi connectivity index (χ3n) is 4.47. The molecule has 0 aliphatic heterocycles. The molecule has 1 amide bonds. The van der Waals surface area contributed by atoms with Gasteiger partial charge in [0, 0.05) is 25.0 Å². The lowest BCUT2D eigenvalue weighted by Crippen LogP contribution is -2.45. The largest absolute Gasteiger partial charge is 0.352 e. The molecule has 0 saturated heterocycles. The van der Waals surface area contributed by atoms with Crippen molar-refractivity contribution in [2.24, 2.45) is 23.5 Å². The second-order valence-electron chi connectivity index (χ2n) is 5.52. The Labute approximate surface area is 131 Å². The zero-order valence-electron chi connectivity index (χ0n) is 11.2. The molecule has 6 heteroatoms. The summed E-state index contributed by atoms with van der Waals surface area (Å²) in [6.07, 6.45) is 7.03. The van der Waals surface area contributed by atoms with Gasteiger partial charge in [-0.2, -0.15) is 0 Å². The van der Waals surface area contributed by atoms with Gasteiger partial charge in [-0.15, -0.1) is 24.8 Å². The highest BCUT2D eigenvalue weighted by atomic mass is 35.5. The molecule has 4 nitrogen and oxygen atoms in total. The molecular formula is C14H21Cl2N3O. The van der Waals surface area contributed by atoms with Gasteiger partial charge in [0.15, 0.2) is 0 Å². The Balaban J connectivity index is 0.000001000. The molecule has 0 spiro atoms. The minimum atomic E-state index is 0. The van der Waals surface area contributed by atoms with E-state index in [1.165, 1.54) is 12.8 Å². The molecule has 2 fully saturated rings. The summed E-state index contributed by atoms with van der Waals surface area (Å²) < 4.78 is 0. The van der Waals surface area contributed by atoms with E-state index in [1.54, 1.807) is 12.4 Å². The van der Waals surface area contributed by atoms with Gasteiger partial charge in [0.05, 0.1) is 5.92 Å². The number of nitrogens with zero attached hydrogens (tertiary/aromatic N) is 1. The second kappa shape index (κ2) is 7.25. The molecule has 2 aliphatic carbocycles. The number of rotatable bonds is 3. The number of pyridine rings is 1. The van der Waals surface area contributed by atoms with Crippen LogP contribution >= 0.6 is 24.8 Å². The van der Waals surface area contributed by atoms with E-state index in [4.69, 9.17) is 5.73 Å². The molecule has 1 aromatic rings. The van der Waals surface area contributed by atoms with E-state index in [2.05, 4.69) is 10.3 Å². The van der Waals surface area contributed by atoms with E-state index in [0.29, 0.717) is 18.4 Å². The van der Waals surface area contributed by atoms with Crippen LogP contribution < -0.4 is 11.1 Å². The predicted molar refractivity (Wildman–Crippen MR) is 82.9 cm³/mol. The Morgan fingerprint density at radius 2 is 2.10 bits per heavy atom. The first-order chi connectivity index (χ1) is 8.75. The number of halogens is 2. The van der Waals surface area contributed by atoms with E-state index in [9.17, 15) is 4.79 Å². The third kappa shape index (κ3) is 3.25. The predicted octanol–water partition coefficient (Wildman–Crippen LogP) is 1.91. The summed E-state index contributed by atoms with van der Waals surface area (Å²) in [5, 5.41) is 3.00. The topological polar surface area (TPSA) is 68.0 Å². The monoisotopic (exact) mass is 317 g/mol. The van der Waals surface area contributed by atoms with Crippen molar-refractivity contribution in [3.63, 3.8) is 0 Å². The number of hydrogen-bond donors (Lipinski definition) is 2. The summed E-state index contributed by atoms with van der Waals surface area (Å²) in [4.78, 5) is 16.2. The molecule has 2 aliphatic rings. The summed E-state index contributed by atoms with van der Waals surface area (Å²) >= 11 is 0. The molecule has 2 bridgehead atoms. The van der Waals surface area contributed by atoms with Crippen molar-refractivity contribution >= 4 is 30.7 Å². The Kier molecular flexibility index (Phi) is 6.24. The average Bonchev–Trinajstić information content (AvgIpc) is 2.98. The van der Waals surface area contributed by atoms with Crippen LogP contribution in [-0.2, 0) is 11.3 Å². The van der Waals surface area contributed by atoms with Crippen LogP contribution in [-0.4, -0.2) is 16.9 Å². The van der Waals surface area contributed by atoms with Crippen LogP contribution in [0, 0.1) is 17.8 Å². The van der Waals surface area contributed by atoms with Crippen LogP contribution in [0.25, 0.3) is 0 Å². The fourth-order valence-corrected chi connectivity index (χ4v) is 3.53. The van der Waals surface area contributed by atoms with Crippen LogP contribution in [0.1, 0.15) is 24.8 Å². The molecule has 1 heterocycles. The van der Waals surface area contributed by atoms with Gasteiger partial charge in [0.1, 0.15) is 0 Å². The van der Waals surface area contributed by atoms with E-state index in [1.807, 2.05) is 12.1 Å². The van der Waals surface area contributed by atoms with E-state index >= 15 is 0 Å². The molecule has 0 radical (unpaired) electrons. The van der Waals surface area contributed by atoms with Crippen molar-refractivity contribution in [2.75, 3.05) is 0 Å². The average molecular weight is 318 g/mol. The van der Waals surface area contributed by atoms with Gasteiger partial charge in [-0.3, -0.25) is 9.78 Å². The quantitative estimate of drug-likeness (QED) is 0.894. The molecule has 4 unspecified atom stereocenters. The Morgan fingerprint density at radius 1 is 1.35 bits per heavy atom. The fraction of sp³-hybridized carbons (Fsp3) is 0.571. The lowest BCUT2D eigenvalue weighted by molar-refractivity contribution is -0.127.